The summed E-state index contributed by atoms with van der Waals surface area (Å²) in [4.78, 5) is 158. The largest absolute Gasteiger partial charge is 0.508 e. The van der Waals surface area contributed by atoms with Crippen LogP contribution in [-0.4, -0.2) is 199 Å². The lowest BCUT2D eigenvalue weighted by Crippen LogP contribution is -2.61. The second-order valence-corrected chi connectivity index (χ2v) is 23.2. The Morgan fingerprint density at radius 2 is 1.52 bits per heavy atom. The van der Waals surface area contributed by atoms with Crippen LogP contribution in [0.4, 0.5) is 0 Å². The number of likely N-dealkylation sites (tertiary alicyclic amines) is 1. The normalized spacial score (nSPS) is 17.5. The van der Waals surface area contributed by atoms with Gasteiger partial charge in [0.25, 0.3) is 11.8 Å². The van der Waals surface area contributed by atoms with Crippen molar-refractivity contribution in [2.24, 2.45) is 28.1 Å². The summed E-state index contributed by atoms with van der Waals surface area (Å²) < 4.78 is 14.1. The molecule has 4 heterocycles. The van der Waals surface area contributed by atoms with Gasteiger partial charge in [-0.25, -0.2) is 4.98 Å². The molecule has 29 heteroatoms. The lowest BCUT2D eigenvalue weighted by atomic mass is 10.0. The molecule has 9 atom stereocenters. The van der Waals surface area contributed by atoms with Crippen LogP contribution in [-0.2, 0) is 71.9 Å². The zero-order chi connectivity index (χ0) is 65.8. The van der Waals surface area contributed by atoms with Gasteiger partial charge in [0.1, 0.15) is 54.1 Å². The summed E-state index contributed by atoms with van der Waals surface area (Å²) in [5, 5.41) is 39.9. The third-order valence-corrected chi connectivity index (χ3v) is 15.0. The van der Waals surface area contributed by atoms with E-state index in [-0.39, 0.29) is 108 Å². The van der Waals surface area contributed by atoms with Crippen molar-refractivity contribution < 1.29 is 64.3 Å². The van der Waals surface area contributed by atoms with Crippen LogP contribution in [0.1, 0.15) is 98.2 Å². The highest BCUT2D eigenvalue weighted by Crippen LogP contribution is 2.24. The molecule has 6 rings (SSSR count). The summed E-state index contributed by atoms with van der Waals surface area (Å²) in [6, 6.07) is 0.602. The number of hydrogen-bond donors (Lipinski definition) is 14. The number of hydrogen-bond acceptors (Lipinski definition) is 17. The SMILES string of the molecule is [2H]CC(C)(C)OC[C@H](NC(=O)[C@H](Cc1ccc(O)cc1)NC(=O)[C@H](CO)NC(=O)[C@@H](N)Cc1c[nH]c2ccccc12)C(=O)N[C@@H](CC(C)C)C(=O)N[C@@H](CCCN=C(N)N)C(=O)N1CCC[C@H]1C(=O)N(CC)C(=O)[C@H](Cc1cnc[nH]1)NC(=O)[C@H]1NCCC1=O. The zero-order valence-electron chi connectivity index (χ0n) is 51.8. The summed E-state index contributed by atoms with van der Waals surface area (Å²) >= 11 is 0. The molecule has 0 aliphatic carbocycles. The molecular weight excluding hydrogens is 1150 g/mol. The fraction of sp³-hybridized carbons (Fsp3) is 0.533. The molecule has 2 fully saturated rings. The molecule has 4 aromatic rings. The average Bonchev–Trinajstić information content (AvgIpc) is 3.66. The Labute approximate surface area is 517 Å². The minimum absolute atomic E-state index is 0.0227. The van der Waals surface area contributed by atoms with Gasteiger partial charge in [-0.3, -0.25) is 63.2 Å². The van der Waals surface area contributed by atoms with Crippen molar-refractivity contribution in [2.75, 3.05) is 39.4 Å². The van der Waals surface area contributed by atoms with E-state index in [4.69, 9.17) is 23.3 Å². The molecule has 2 aromatic carbocycles. The number of nitrogens with one attached hydrogen (secondary N) is 9. The summed E-state index contributed by atoms with van der Waals surface area (Å²) in [5.41, 5.74) is 18.8. The van der Waals surface area contributed by atoms with Gasteiger partial charge in [-0.05, 0) is 101 Å². The standard InChI is InChI=1S/C60H86N16O13/c1-7-75(57(87)44(27-36-29-64-32-68-36)72-55(85)49-48(79)20-22-65-49)58(88)47-15-11-23-76(47)56(86)41(14-10-21-66-59(62)63)69-51(81)42(24-33(2)3)70-54(84)46(31-89-60(4,5)6)74-52(82)43(25-34-16-18-37(78)19-17-34)71-53(83)45(30-77)73-50(80)39(61)26-35-28-67-40-13-9-8-12-38(35)40/h8-9,12-13,16-19,28-29,32-33,39,41-47,49,65,67,77-78H,7,10-11,14-15,20-27,30-31,61H2,1-6H3,(H,64,68)(H,69,81)(H,70,84)(H,71,83)(H,72,85)(H,73,80)(H,74,82)(H4,62,63,66)/t39-,41-,42-,43-,44-,45-,46-,47-,49-/m0/s1/i4D. The molecule has 2 aromatic heterocycles. The van der Waals surface area contributed by atoms with Crippen LogP contribution in [0.3, 0.4) is 0 Å². The third-order valence-electron chi connectivity index (χ3n) is 15.0. The number of aromatic nitrogens is 3. The number of benzene rings is 2. The maximum atomic E-state index is 14.9. The van der Waals surface area contributed by atoms with Crippen molar-refractivity contribution in [3.05, 3.63) is 84.1 Å². The number of carbonyl (C=O) groups excluding carboxylic acids is 10. The van der Waals surface area contributed by atoms with E-state index in [0.29, 0.717) is 17.7 Å². The van der Waals surface area contributed by atoms with E-state index in [1.165, 1.54) is 41.7 Å². The lowest BCUT2D eigenvalue weighted by molar-refractivity contribution is -0.153. The summed E-state index contributed by atoms with van der Waals surface area (Å²) in [5.74, 6) is -8.53. The van der Waals surface area contributed by atoms with Crippen molar-refractivity contribution in [3.63, 3.8) is 0 Å². The molecule has 0 bridgehead atoms. The number of fused-ring (bicyclic) bond motifs is 1. The number of nitrogens with zero attached hydrogens (tertiary/aromatic N) is 4. The number of imide groups is 1. The fourth-order valence-electron chi connectivity index (χ4n) is 10.4. The molecule has 2 aliphatic heterocycles. The molecule has 0 unspecified atom stereocenters. The number of phenolic OH excluding ortho intramolecular Hbond substituents is 1. The first-order valence-corrected chi connectivity index (χ1v) is 29.7. The second-order valence-electron chi connectivity index (χ2n) is 23.2. The number of aliphatic hydroxyl groups is 1. The van der Waals surface area contributed by atoms with Crippen LogP contribution in [0.2, 0.25) is 0 Å². The first-order chi connectivity index (χ1) is 42.8. The molecule has 29 nitrogen and oxygen atoms in total. The van der Waals surface area contributed by atoms with E-state index >= 15 is 0 Å². The van der Waals surface area contributed by atoms with Gasteiger partial charge in [0.2, 0.25) is 41.4 Å². The Hall–Kier alpha value is -8.80. The number of aromatic hydroxyl groups is 1. The number of carbonyl (C=O) groups is 10. The Bertz CT molecular complexity index is 3170. The Balaban J connectivity index is 1.22. The Morgan fingerprint density at radius 1 is 0.854 bits per heavy atom. The van der Waals surface area contributed by atoms with Gasteiger partial charge in [0.05, 0.1) is 31.2 Å². The number of nitrogens with two attached hydrogens (primary N) is 3. The quantitative estimate of drug-likeness (QED) is 0.0113. The molecule has 0 radical (unpaired) electrons. The number of aliphatic hydroxyl groups excluding tert-OH is 1. The molecule has 89 heavy (non-hydrogen) atoms. The highest BCUT2D eigenvalue weighted by molar-refractivity contribution is 6.09. The summed E-state index contributed by atoms with van der Waals surface area (Å²) in [6.45, 7) is 6.67. The molecule has 17 N–H and O–H groups in total. The van der Waals surface area contributed by atoms with Crippen molar-refractivity contribution in [1.82, 2.24) is 62.0 Å². The van der Waals surface area contributed by atoms with Crippen molar-refractivity contribution in [2.45, 2.75) is 159 Å². The van der Waals surface area contributed by atoms with Crippen LogP contribution in [0.5, 0.6) is 5.75 Å². The van der Waals surface area contributed by atoms with E-state index in [1.807, 2.05) is 24.3 Å². The van der Waals surface area contributed by atoms with E-state index in [2.05, 4.69) is 57.2 Å². The molecular formula is C60H86N16O13. The number of ether oxygens (including phenoxy) is 1. The van der Waals surface area contributed by atoms with E-state index < -0.39 is 126 Å². The predicted octanol–water partition coefficient (Wildman–Crippen LogP) is -1.94. The smallest absolute Gasteiger partial charge is 0.252 e. The van der Waals surface area contributed by atoms with Crippen LogP contribution < -0.4 is 54.4 Å². The number of imidazole rings is 1. The van der Waals surface area contributed by atoms with E-state index in [9.17, 15) is 58.2 Å². The number of phenols is 1. The number of aliphatic imine (C=N–C) groups is 1. The second kappa shape index (κ2) is 32.4. The lowest BCUT2D eigenvalue weighted by Gasteiger charge is -2.33. The number of guanidine groups is 1. The number of Topliss-reactive ketones (excluding diaryl/α,β-unsaturated/α-hetero) is 1. The molecule has 0 saturated carbocycles. The van der Waals surface area contributed by atoms with Crippen molar-refractivity contribution >= 4 is 75.8 Å². The molecule has 484 valence electrons. The van der Waals surface area contributed by atoms with Gasteiger partial charge in [-0.1, -0.05) is 44.2 Å². The number of rotatable bonds is 31. The fourth-order valence-corrected chi connectivity index (χ4v) is 10.4. The van der Waals surface area contributed by atoms with Crippen molar-refractivity contribution in [3.8, 4) is 5.75 Å². The third kappa shape index (κ3) is 20.1. The summed E-state index contributed by atoms with van der Waals surface area (Å²) in [6.07, 6.45) is 4.83. The zero-order valence-corrected chi connectivity index (χ0v) is 50.8. The topological polar surface area (TPSA) is 446 Å². The van der Waals surface area contributed by atoms with Crippen LogP contribution in [0, 0.1) is 5.92 Å². The average molecular weight is 1240 g/mol. The number of likely N-dealkylation sites (N-methyl/N-ethyl adjacent to an activating group) is 1. The molecule has 2 aliphatic rings. The van der Waals surface area contributed by atoms with Gasteiger partial charge in [-0.2, -0.15) is 0 Å². The Kier molecular flexibility index (Phi) is 24.7. The molecule has 2 saturated heterocycles. The van der Waals surface area contributed by atoms with Crippen molar-refractivity contribution in [1.29, 1.82) is 0 Å². The first-order valence-electron chi connectivity index (χ1n) is 30.4. The van der Waals surface area contributed by atoms with E-state index in [1.54, 1.807) is 40.8 Å². The van der Waals surface area contributed by atoms with Gasteiger partial charge in [0, 0.05) is 75.8 Å². The number of H-pyrrole nitrogens is 2. The van der Waals surface area contributed by atoms with Gasteiger partial charge < -0.3 is 78.9 Å². The number of ketones is 1. The maximum absolute atomic E-state index is 14.9. The Morgan fingerprint density at radius 3 is 2.17 bits per heavy atom. The minimum atomic E-state index is -1.63. The van der Waals surface area contributed by atoms with Crippen LogP contribution in [0.25, 0.3) is 10.9 Å². The molecule has 9 amide bonds. The minimum Gasteiger partial charge on any atom is -0.508 e. The van der Waals surface area contributed by atoms with E-state index in [0.717, 1.165) is 21.4 Å². The maximum Gasteiger partial charge on any atom is 0.252 e. The number of aromatic amines is 2. The molecule has 0 spiro atoms. The van der Waals surface area contributed by atoms with Crippen LogP contribution in [0.15, 0.2) is 72.2 Å². The van der Waals surface area contributed by atoms with Crippen LogP contribution >= 0.6 is 0 Å². The first kappa shape index (κ1) is 67.7. The predicted molar refractivity (Wildman–Crippen MR) is 326 cm³/mol. The summed E-state index contributed by atoms with van der Waals surface area (Å²) in [7, 11) is 0. The van der Waals surface area contributed by atoms with Gasteiger partial charge >= 0.3 is 0 Å². The van der Waals surface area contributed by atoms with Gasteiger partial charge in [0.15, 0.2) is 11.7 Å². The highest BCUT2D eigenvalue weighted by Gasteiger charge is 2.43. The van der Waals surface area contributed by atoms with Gasteiger partial charge in [-0.15, -0.1) is 0 Å². The number of para-hydroxylation sites is 1. The number of amides is 9. The highest BCUT2D eigenvalue weighted by atomic mass is 16.5. The monoisotopic (exact) mass is 1240 g/mol.